The Morgan fingerprint density at radius 1 is 1.23 bits per heavy atom. The summed E-state index contributed by atoms with van der Waals surface area (Å²) < 4.78 is 40.5. The van der Waals surface area contributed by atoms with E-state index < -0.39 is 23.8 Å². The number of carbonyl (C=O) groups excluding carboxylic acids is 2. The highest BCUT2D eigenvalue weighted by Gasteiger charge is 2.34. The number of amides is 3. The summed E-state index contributed by atoms with van der Waals surface area (Å²) in [6, 6.07) is 2.04. The number of hydrogen-bond acceptors (Lipinski definition) is 8. The van der Waals surface area contributed by atoms with Gasteiger partial charge in [-0.1, -0.05) is 0 Å². The number of anilines is 2. The van der Waals surface area contributed by atoms with Gasteiger partial charge in [-0.2, -0.15) is 0 Å². The monoisotopic (exact) mass is 512 g/mol. The van der Waals surface area contributed by atoms with E-state index in [0.717, 1.165) is 18.6 Å². The van der Waals surface area contributed by atoms with Crippen LogP contribution in [0.5, 0.6) is 0 Å². The number of likely N-dealkylation sites (tertiary alicyclic amines) is 1. The van der Waals surface area contributed by atoms with Crippen molar-refractivity contribution in [3.63, 3.8) is 0 Å². The van der Waals surface area contributed by atoms with Gasteiger partial charge in [0, 0.05) is 57.3 Å². The Hall–Kier alpha value is -2.77. The van der Waals surface area contributed by atoms with Crippen LogP contribution in [0.4, 0.5) is 29.7 Å². The molecule has 192 valence electrons. The van der Waals surface area contributed by atoms with E-state index in [1.165, 1.54) is 17.0 Å². The zero-order valence-corrected chi connectivity index (χ0v) is 20.4. The van der Waals surface area contributed by atoms with E-state index in [9.17, 15) is 9.59 Å². The summed E-state index contributed by atoms with van der Waals surface area (Å²) in [6.45, 7) is 2.34. The molecule has 0 unspecified atom stereocenters. The van der Waals surface area contributed by atoms with Crippen molar-refractivity contribution < 1.29 is 27.8 Å². The summed E-state index contributed by atoms with van der Waals surface area (Å²) in [6.07, 6.45) is 0.524. The summed E-state index contributed by atoms with van der Waals surface area (Å²) in [4.78, 5) is 29.5. The molecule has 3 fully saturated rings. The first kappa shape index (κ1) is 25.3. The molecule has 0 aromatic heterocycles. The second kappa shape index (κ2) is 10.9. The lowest BCUT2D eigenvalue weighted by Gasteiger charge is -2.27. The predicted octanol–water partition coefficient (Wildman–Crippen LogP) is 1.82. The molecular weight excluding hydrogens is 482 g/mol. The Balaban J connectivity index is 1.41. The van der Waals surface area contributed by atoms with E-state index in [0.29, 0.717) is 44.1 Å². The number of ether oxygens (including phenoxy) is 2. The number of nitrogens with one attached hydrogen (secondary N) is 1. The van der Waals surface area contributed by atoms with Gasteiger partial charge in [0.15, 0.2) is 16.7 Å². The zero-order chi connectivity index (χ0) is 25.1. The number of carbonyl (C=O) groups is 2. The van der Waals surface area contributed by atoms with Crippen molar-refractivity contribution in [1.82, 2.24) is 15.3 Å². The summed E-state index contributed by atoms with van der Waals surface area (Å²) in [7, 11) is 1.47. The summed E-state index contributed by atoms with van der Waals surface area (Å²) in [5.74, 6) is -1.58. The quantitative estimate of drug-likeness (QED) is 0.576. The van der Waals surface area contributed by atoms with Gasteiger partial charge in [-0.3, -0.25) is 9.91 Å². The lowest BCUT2D eigenvalue weighted by molar-refractivity contribution is 0.137. The van der Waals surface area contributed by atoms with Gasteiger partial charge in [-0.15, -0.1) is 0 Å². The minimum Gasteiger partial charge on any atom is -0.490 e. The van der Waals surface area contributed by atoms with E-state index in [4.69, 9.17) is 27.4 Å². The molecule has 3 aliphatic rings. The maximum absolute atomic E-state index is 15.1. The zero-order valence-electron chi connectivity index (χ0n) is 19.5. The molecule has 2 atom stereocenters. The Bertz CT molecular complexity index is 962. The number of nitrogens with zero attached hydrogens (tertiary/aromatic N) is 4. The van der Waals surface area contributed by atoms with Crippen LogP contribution in [0.1, 0.15) is 19.3 Å². The molecule has 0 aliphatic carbocycles. The molecule has 0 saturated carbocycles. The highest BCUT2D eigenvalue weighted by Crippen LogP contribution is 2.32. The van der Waals surface area contributed by atoms with Gasteiger partial charge in [-0.05, 0) is 25.1 Å². The minimum atomic E-state index is -0.790. The van der Waals surface area contributed by atoms with Crippen molar-refractivity contribution in [2.24, 2.45) is 5.73 Å². The number of thiocarbonyl (C=S) groups is 1. The Kier molecular flexibility index (Phi) is 7.87. The fourth-order valence-electron chi connectivity index (χ4n) is 4.52. The molecule has 35 heavy (non-hydrogen) atoms. The molecule has 3 saturated heterocycles. The molecule has 1 aromatic carbocycles. The van der Waals surface area contributed by atoms with Crippen molar-refractivity contribution in [1.29, 1.82) is 0 Å². The molecule has 1 aromatic rings. The lowest BCUT2D eigenvalue weighted by atomic mass is 10.2. The third kappa shape index (κ3) is 5.73. The first-order valence-corrected chi connectivity index (χ1v) is 12.0. The van der Waals surface area contributed by atoms with Crippen LogP contribution in [-0.4, -0.2) is 92.2 Å². The fraction of sp³-hybridized carbons (Fsp3) is 0.591. The normalized spacial score (nSPS) is 22.9. The average molecular weight is 513 g/mol. The van der Waals surface area contributed by atoms with Crippen LogP contribution in [0.15, 0.2) is 12.1 Å². The molecule has 3 amide bonds. The molecule has 4 rings (SSSR count). The maximum Gasteiger partial charge on any atom is 0.414 e. The minimum absolute atomic E-state index is 0.0323. The van der Waals surface area contributed by atoms with Crippen molar-refractivity contribution in [3.05, 3.63) is 23.8 Å². The van der Waals surface area contributed by atoms with Crippen LogP contribution in [0, 0.1) is 11.6 Å². The largest absolute Gasteiger partial charge is 0.490 e. The Morgan fingerprint density at radius 2 is 1.97 bits per heavy atom. The van der Waals surface area contributed by atoms with E-state index in [1.54, 1.807) is 9.80 Å². The van der Waals surface area contributed by atoms with Crippen LogP contribution >= 0.6 is 12.2 Å². The number of hydrazine groups is 1. The van der Waals surface area contributed by atoms with Crippen LogP contribution < -0.4 is 21.0 Å². The Labute approximate surface area is 207 Å². The number of hydrogen-bond donors (Lipinski definition) is 2. The summed E-state index contributed by atoms with van der Waals surface area (Å²) in [5, 5.41) is 1.87. The van der Waals surface area contributed by atoms with Gasteiger partial charge in [-0.25, -0.2) is 23.8 Å². The maximum atomic E-state index is 15.1. The number of urea groups is 1. The van der Waals surface area contributed by atoms with Crippen LogP contribution in [0.3, 0.4) is 0 Å². The van der Waals surface area contributed by atoms with Gasteiger partial charge in [0.05, 0.1) is 25.9 Å². The number of benzene rings is 1. The van der Waals surface area contributed by atoms with Crippen molar-refractivity contribution in [2.45, 2.75) is 31.4 Å². The van der Waals surface area contributed by atoms with Crippen LogP contribution in [-0.2, 0) is 9.47 Å². The lowest BCUT2D eigenvalue weighted by Crippen LogP contribution is -2.50. The first-order chi connectivity index (χ1) is 16.8. The highest BCUT2D eigenvalue weighted by molar-refractivity contribution is 7.80. The third-order valence-electron chi connectivity index (χ3n) is 6.41. The van der Waals surface area contributed by atoms with Gasteiger partial charge in [0.2, 0.25) is 0 Å². The van der Waals surface area contributed by atoms with E-state index >= 15 is 8.78 Å². The molecule has 3 heterocycles. The molecular formula is C22H30F2N6O4S. The average Bonchev–Trinajstić information content (AvgIpc) is 3.34. The van der Waals surface area contributed by atoms with Crippen molar-refractivity contribution in [3.8, 4) is 0 Å². The van der Waals surface area contributed by atoms with Crippen LogP contribution in [0.2, 0.25) is 0 Å². The fourth-order valence-corrected chi connectivity index (χ4v) is 4.64. The third-order valence-corrected chi connectivity index (χ3v) is 6.78. The number of methoxy groups -OCH3 is 1. The Morgan fingerprint density at radius 3 is 2.63 bits per heavy atom. The molecule has 10 nitrogen and oxygen atoms in total. The van der Waals surface area contributed by atoms with E-state index in [1.807, 2.05) is 0 Å². The standard InChI is InChI=1S/C22H30F2N6O4S/c1-33-19(35)3-2-16-13-29(22(32)34-16)15-10-17(23)20(18(24)11-15)27-7-5-26-30(9-8-27)21(31)28-6-4-14(25)12-28/h10-11,14,16,26H,2-9,12-13,25H2,1H3/t14-,16-/m0/s1. The van der Waals surface area contributed by atoms with Gasteiger partial charge >= 0.3 is 12.1 Å². The van der Waals surface area contributed by atoms with E-state index in [2.05, 4.69) is 5.43 Å². The molecule has 3 aliphatic heterocycles. The van der Waals surface area contributed by atoms with E-state index in [-0.39, 0.29) is 43.1 Å². The topological polar surface area (TPSA) is 104 Å². The van der Waals surface area contributed by atoms with Gasteiger partial charge in [0.25, 0.3) is 0 Å². The van der Waals surface area contributed by atoms with Crippen LogP contribution in [0.25, 0.3) is 0 Å². The van der Waals surface area contributed by atoms with Gasteiger partial charge < -0.3 is 25.0 Å². The number of cyclic esters (lactones) is 1. The highest BCUT2D eigenvalue weighted by atomic mass is 32.1. The molecule has 0 bridgehead atoms. The van der Waals surface area contributed by atoms with Crippen molar-refractivity contribution >= 4 is 40.8 Å². The molecule has 0 spiro atoms. The second-order valence-electron chi connectivity index (χ2n) is 8.81. The SMILES string of the molecule is COC(=S)CC[C@H]1CN(c2cc(F)c(N3CCNN(C(=O)N4CC[C@H](N)C4)CC3)c(F)c2)C(=O)O1. The molecule has 13 heteroatoms. The second-order valence-corrected chi connectivity index (χ2v) is 9.27. The number of halogens is 2. The summed E-state index contributed by atoms with van der Waals surface area (Å²) >= 11 is 5.00. The predicted molar refractivity (Wildman–Crippen MR) is 129 cm³/mol. The number of rotatable bonds is 5. The number of nitrogens with two attached hydrogens (primary N) is 1. The molecule has 3 N–H and O–H groups in total. The first-order valence-electron chi connectivity index (χ1n) is 11.6. The smallest absolute Gasteiger partial charge is 0.414 e. The van der Waals surface area contributed by atoms with Crippen molar-refractivity contribution in [2.75, 3.05) is 62.7 Å². The van der Waals surface area contributed by atoms with Gasteiger partial charge in [0.1, 0.15) is 11.8 Å². The summed E-state index contributed by atoms with van der Waals surface area (Å²) in [5.41, 5.74) is 8.82. The molecule has 0 radical (unpaired) electrons.